The fourth-order valence-electron chi connectivity index (χ4n) is 2.66. The third-order valence-corrected chi connectivity index (χ3v) is 4.11. The van der Waals surface area contributed by atoms with Crippen molar-refractivity contribution in [2.24, 2.45) is 10.1 Å². The van der Waals surface area contributed by atoms with Gasteiger partial charge in [0.1, 0.15) is 24.3 Å². The molecule has 2 heterocycles. The van der Waals surface area contributed by atoms with Gasteiger partial charge in [0.15, 0.2) is 18.5 Å². The van der Waals surface area contributed by atoms with E-state index in [1.807, 2.05) is 0 Å². The standard InChI is InChI=1S/C13H13F2N6O5P/c14-10-1-2-11(12(15)3-10)13(22,4-20-8-16-6-18-20)5-21(9-17-7-19-21)26-27(23,24)25/h1-3,6-9,22H,4-5H2,(H-,23,24,25)/p+1. The summed E-state index contributed by atoms with van der Waals surface area (Å²) in [5.41, 5.74) is -2.55. The lowest BCUT2D eigenvalue weighted by Crippen LogP contribution is -2.51. The van der Waals surface area contributed by atoms with Crippen LogP contribution in [0.5, 0.6) is 0 Å². The molecule has 0 fully saturated rings. The highest BCUT2D eigenvalue weighted by Gasteiger charge is 2.50. The van der Waals surface area contributed by atoms with E-state index in [-0.39, 0.29) is 5.56 Å². The van der Waals surface area contributed by atoms with Crippen molar-refractivity contribution in [2.45, 2.75) is 12.1 Å². The van der Waals surface area contributed by atoms with Crippen molar-refractivity contribution in [2.75, 3.05) is 6.54 Å². The molecule has 2 unspecified atom stereocenters. The lowest BCUT2D eigenvalue weighted by molar-refractivity contribution is -1.01. The van der Waals surface area contributed by atoms with Gasteiger partial charge < -0.3 is 5.11 Å². The summed E-state index contributed by atoms with van der Waals surface area (Å²) in [5.74, 6) is -1.94. The van der Waals surface area contributed by atoms with Gasteiger partial charge in [0, 0.05) is 16.4 Å². The van der Waals surface area contributed by atoms with Gasteiger partial charge in [-0.3, -0.25) is 9.79 Å². The molecule has 0 aliphatic carbocycles. The molecular formula is C13H14F2N6O5P+. The molecule has 1 aliphatic heterocycles. The Bertz CT molecular complexity index is 921. The number of aliphatic imine (C=N–C) groups is 1. The van der Waals surface area contributed by atoms with Crippen molar-refractivity contribution >= 4 is 20.5 Å². The highest BCUT2D eigenvalue weighted by atomic mass is 31.2. The Kier molecular flexibility index (Phi) is 4.99. The van der Waals surface area contributed by atoms with Crippen LogP contribution in [0, 0.1) is 11.6 Å². The lowest BCUT2D eigenvalue weighted by Gasteiger charge is -2.32. The van der Waals surface area contributed by atoms with Crippen molar-refractivity contribution in [3.63, 3.8) is 0 Å². The molecule has 14 heteroatoms. The number of rotatable bonds is 7. The van der Waals surface area contributed by atoms with E-state index in [4.69, 9.17) is 9.79 Å². The van der Waals surface area contributed by atoms with Crippen molar-refractivity contribution in [3.05, 3.63) is 48.1 Å². The van der Waals surface area contributed by atoms with E-state index in [0.29, 0.717) is 6.07 Å². The Morgan fingerprint density at radius 3 is 2.67 bits per heavy atom. The van der Waals surface area contributed by atoms with Crippen LogP contribution in [-0.2, 0) is 21.3 Å². The summed E-state index contributed by atoms with van der Waals surface area (Å²) in [5, 5.41) is 18.7. The molecule has 3 rings (SSSR count). The van der Waals surface area contributed by atoms with Crippen molar-refractivity contribution in [1.29, 1.82) is 0 Å². The number of nitrogens with zero attached hydrogens (tertiary/aromatic N) is 6. The summed E-state index contributed by atoms with van der Waals surface area (Å²) in [6.07, 6.45) is 4.27. The zero-order valence-corrected chi connectivity index (χ0v) is 14.4. The summed E-state index contributed by atoms with van der Waals surface area (Å²) in [7, 11) is -5.08. The summed E-state index contributed by atoms with van der Waals surface area (Å²) in [6, 6.07) is 2.50. The Labute approximate surface area is 150 Å². The number of quaternary nitrogens is 1. The molecule has 1 aromatic heterocycles. The Morgan fingerprint density at radius 1 is 1.33 bits per heavy atom. The number of halogens is 2. The monoisotopic (exact) mass is 403 g/mol. The number of hydroxylamine groups is 2. The molecule has 0 saturated heterocycles. The predicted molar refractivity (Wildman–Crippen MR) is 85.5 cm³/mol. The Morgan fingerprint density at radius 2 is 2.11 bits per heavy atom. The smallest absolute Gasteiger partial charge is 0.377 e. The van der Waals surface area contributed by atoms with Crippen LogP contribution in [0.25, 0.3) is 0 Å². The number of hydrogen-bond acceptors (Lipinski definition) is 7. The number of aromatic nitrogens is 3. The van der Waals surface area contributed by atoms with Gasteiger partial charge in [0.2, 0.25) is 0 Å². The minimum absolute atomic E-state index is 0.360. The quantitative estimate of drug-likeness (QED) is 0.445. The van der Waals surface area contributed by atoms with Crippen LogP contribution in [0.15, 0.2) is 40.9 Å². The van der Waals surface area contributed by atoms with Crippen LogP contribution in [0.4, 0.5) is 8.78 Å². The first-order valence-corrected chi connectivity index (χ1v) is 8.87. The molecule has 0 saturated carbocycles. The SMILES string of the molecule is O=P(O)(O)O[N+]1(CC(O)(Cn2cncn2)c2ccc(F)cc2F)C=NC=N1. The average Bonchev–Trinajstić information content (AvgIpc) is 3.17. The molecule has 1 aromatic carbocycles. The van der Waals surface area contributed by atoms with Crippen molar-refractivity contribution < 1.29 is 37.6 Å². The van der Waals surface area contributed by atoms with E-state index in [0.717, 1.165) is 29.5 Å². The molecule has 11 nitrogen and oxygen atoms in total. The van der Waals surface area contributed by atoms with Crippen LogP contribution in [-0.4, -0.2) is 53.6 Å². The second-order valence-corrected chi connectivity index (χ2v) is 6.87. The molecule has 2 atom stereocenters. The third kappa shape index (κ3) is 4.47. The van der Waals surface area contributed by atoms with Crippen LogP contribution >= 0.6 is 7.82 Å². The molecule has 2 aromatic rings. The molecule has 0 amide bonds. The molecule has 144 valence electrons. The van der Waals surface area contributed by atoms with Gasteiger partial charge >= 0.3 is 7.82 Å². The number of hydrogen-bond donors (Lipinski definition) is 3. The highest BCUT2D eigenvalue weighted by Crippen LogP contribution is 2.42. The fourth-order valence-corrected chi connectivity index (χ4v) is 3.17. The van der Waals surface area contributed by atoms with E-state index >= 15 is 0 Å². The topological polar surface area (TPSA) is 142 Å². The molecule has 0 radical (unpaired) electrons. The Balaban J connectivity index is 2.05. The first-order chi connectivity index (χ1) is 12.6. The summed E-state index contributed by atoms with van der Waals surface area (Å²) < 4.78 is 43.5. The minimum atomic E-state index is -5.08. The Hall–Kier alpha value is -2.41. The molecule has 27 heavy (non-hydrogen) atoms. The van der Waals surface area contributed by atoms with Crippen LogP contribution in [0.3, 0.4) is 0 Å². The van der Waals surface area contributed by atoms with Gasteiger partial charge in [0.05, 0.1) is 6.54 Å². The van der Waals surface area contributed by atoms with Gasteiger partial charge in [-0.05, 0) is 17.2 Å². The highest BCUT2D eigenvalue weighted by molar-refractivity contribution is 7.46. The number of phosphoric acid groups is 1. The minimum Gasteiger partial charge on any atom is -0.377 e. The second-order valence-electron chi connectivity index (χ2n) is 5.73. The zero-order chi connectivity index (χ0) is 19.7. The maximum absolute atomic E-state index is 14.4. The van der Waals surface area contributed by atoms with Gasteiger partial charge in [-0.25, -0.2) is 23.0 Å². The second kappa shape index (κ2) is 6.96. The summed E-state index contributed by atoms with van der Waals surface area (Å²) >= 11 is 0. The zero-order valence-electron chi connectivity index (χ0n) is 13.5. The van der Waals surface area contributed by atoms with Crippen molar-refractivity contribution in [1.82, 2.24) is 14.8 Å². The van der Waals surface area contributed by atoms with Gasteiger partial charge in [-0.15, -0.1) is 0 Å². The molecule has 1 aliphatic rings. The van der Waals surface area contributed by atoms with Crippen molar-refractivity contribution in [3.8, 4) is 0 Å². The van der Waals surface area contributed by atoms with Crippen LogP contribution in [0.1, 0.15) is 5.56 Å². The molecule has 0 spiro atoms. The molecular weight excluding hydrogens is 389 g/mol. The van der Waals surface area contributed by atoms with E-state index < -0.39 is 42.9 Å². The maximum Gasteiger partial charge on any atom is 0.518 e. The molecule has 3 N–H and O–H groups in total. The normalized spacial score (nSPS) is 21.5. The van der Waals surface area contributed by atoms with Gasteiger partial charge in [-0.1, -0.05) is 4.62 Å². The maximum atomic E-state index is 14.4. The molecule has 0 bridgehead atoms. The first kappa shape index (κ1) is 19.4. The lowest BCUT2D eigenvalue weighted by atomic mass is 9.92. The largest absolute Gasteiger partial charge is 0.518 e. The summed E-state index contributed by atoms with van der Waals surface area (Å²) in [6.45, 7) is -1.11. The van der Waals surface area contributed by atoms with E-state index in [1.54, 1.807) is 0 Å². The van der Waals surface area contributed by atoms with E-state index in [1.165, 1.54) is 12.7 Å². The summed E-state index contributed by atoms with van der Waals surface area (Å²) in [4.78, 5) is 25.7. The van der Waals surface area contributed by atoms with E-state index in [9.17, 15) is 18.5 Å². The van der Waals surface area contributed by atoms with E-state index in [2.05, 4.69) is 24.8 Å². The van der Waals surface area contributed by atoms with Crippen LogP contribution < -0.4 is 0 Å². The average molecular weight is 403 g/mol. The number of benzene rings is 1. The van der Waals surface area contributed by atoms with Gasteiger partial charge in [-0.2, -0.15) is 10.1 Å². The van der Waals surface area contributed by atoms with Crippen LogP contribution in [0.2, 0.25) is 0 Å². The fraction of sp³-hybridized carbons (Fsp3) is 0.231. The van der Waals surface area contributed by atoms with Gasteiger partial charge in [0.25, 0.3) is 6.34 Å². The first-order valence-electron chi connectivity index (χ1n) is 7.34. The third-order valence-electron chi connectivity index (χ3n) is 3.62. The predicted octanol–water partition coefficient (Wildman–Crippen LogP) is 0.270. The number of aliphatic hydroxyl groups is 1.